The first-order valence-corrected chi connectivity index (χ1v) is 11.5. The Morgan fingerprint density at radius 2 is 1.69 bits per heavy atom. The molecule has 5 rings (SSSR count). The second-order valence-corrected chi connectivity index (χ2v) is 8.64. The Kier molecular flexibility index (Phi) is 6.71. The van der Waals surface area contributed by atoms with Gasteiger partial charge < -0.3 is 10.6 Å². The fourth-order valence-corrected chi connectivity index (χ4v) is 3.96. The Bertz CT molecular complexity index is 1720. The molecule has 8 nitrogen and oxygen atoms in total. The number of aromatic nitrogens is 4. The number of hydrogen-bond acceptors (Lipinski definition) is 5. The topological polar surface area (TPSA) is 102 Å². The number of urea groups is 1. The van der Waals surface area contributed by atoms with Gasteiger partial charge in [0.05, 0.1) is 27.8 Å². The predicted molar refractivity (Wildman–Crippen MR) is 136 cm³/mol. The van der Waals surface area contributed by atoms with Gasteiger partial charge in [0.2, 0.25) is 0 Å². The summed E-state index contributed by atoms with van der Waals surface area (Å²) in [7, 11) is 0. The number of nitrogens with zero attached hydrogens (tertiary/aromatic N) is 4. The third-order valence-corrected chi connectivity index (χ3v) is 5.84. The first-order valence-electron chi connectivity index (χ1n) is 11.1. The van der Waals surface area contributed by atoms with Crippen LogP contribution in [-0.4, -0.2) is 31.3 Å². The third kappa shape index (κ3) is 5.70. The molecular formula is C26H15ClF4N6O2. The van der Waals surface area contributed by atoms with Crippen molar-refractivity contribution in [2.24, 2.45) is 0 Å². The van der Waals surface area contributed by atoms with E-state index in [-0.39, 0.29) is 22.5 Å². The fraction of sp³-hybridized carbons (Fsp3) is 0.0385. The molecule has 0 aliphatic heterocycles. The Labute approximate surface area is 222 Å². The average molecular weight is 555 g/mol. The van der Waals surface area contributed by atoms with E-state index in [1.165, 1.54) is 24.3 Å². The summed E-state index contributed by atoms with van der Waals surface area (Å²) in [5.74, 6) is -0.886. The van der Waals surface area contributed by atoms with E-state index < -0.39 is 34.4 Å². The zero-order chi connectivity index (χ0) is 27.7. The number of halogens is 5. The van der Waals surface area contributed by atoms with Crippen LogP contribution in [0.15, 0.2) is 79.5 Å². The monoisotopic (exact) mass is 554 g/mol. The van der Waals surface area contributed by atoms with Gasteiger partial charge in [-0.25, -0.2) is 19.2 Å². The molecule has 13 heteroatoms. The maximum atomic E-state index is 14.4. The average Bonchev–Trinajstić information content (AvgIpc) is 3.43. The van der Waals surface area contributed by atoms with Gasteiger partial charge in [0, 0.05) is 34.9 Å². The second kappa shape index (κ2) is 10.1. The van der Waals surface area contributed by atoms with Crippen LogP contribution in [0.25, 0.3) is 16.9 Å². The van der Waals surface area contributed by atoms with Gasteiger partial charge >= 0.3 is 12.2 Å². The van der Waals surface area contributed by atoms with Crippen LogP contribution in [0.1, 0.15) is 21.5 Å². The molecule has 0 aliphatic rings. The smallest absolute Gasteiger partial charge is 0.308 e. The van der Waals surface area contributed by atoms with Crippen LogP contribution in [0, 0.1) is 5.82 Å². The highest BCUT2D eigenvalue weighted by Crippen LogP contribution is 2.36. The summed E-state index contributed by atoms with van der Waals surface area (Å²) in [6.07, 6.45) is 1.64. The molecule has 0 spiro atoms. The van der Waals surface area contributed by atoms with E-state index >= 15 is 0 Å². The molecule has 0 atom stereocenters. The van der Waals surface area contributed by atoms with Gasteiger partial charge in [0.1, 0.15) is 12.1 Å². The fourth-order valence-electron chi connectivity index (χ4n) is 3.74. The number of anilines is 2. The van der Waals surface area contributed by atoms with Crippen LogP contribution in [0.4, 0.5) is 33.7 Å². The number of benzene rings is 3. The molecule has 0 saturated carbocycles. The second-order valence-electron chi connectivity index (χ2n) is 8.23. The minimum absolute atomic E-state index is 0.0748. The van der Waals surface area contributed by atoms with E-state index in [2.05, 4.69) is 25.6 Å². The quantitative estimate of drug-likeness (QED) is 0.191. The lowest BCUT2D eigenvalue weighted by Gasteiger charge is -2.13. The normalized spacial score (nSPS) is 11.4. The highest BCUT2D eigenvalue weighted by molar-refractivity contribution is 6.31. The predicted octanol–water partition coefficient (Wildman–Crippen LogP) is 6.50. The van der Waals surface area contributed by atoms with E-state index in [0.717, 1.165) is 18.2 Å². The number of alkyl halides is 3. The minimum Gasteiger partial charge on any atom is -0.308 e. The lowest BCUT2D eigenvalue weighted by Crippen LogP contribution is -2.20. The molecular weight excluding hydrogens is 540 g/mol. The van der Waals surface area contributed by atoms with Gasteiger partial charge in [-0.05, 0) is 54.6 Å². The first-order chi connectivity index (χ1) is 18.6. The molecule has 2 N–H and O–H groups in total. The largest absolute Gasteiger partial charge is 0.417 e. The highest BCUT2D eigenvalue weighted by Gasteiger charge is 2.33. The zero-order valence-corrected chi connectivity index (χ0v) is 20.3. The molecule has 196 valence electrons. The van der Waals surface area contributed by atoms with Crippen LogP contribution in [0.5, 0.6) is 0 Å². The van der Waals surface area contributed by atoms with Crippen molar-refractivity contribution >= 4 is 45.8 Å². The van der Waals surface area contributed by atoms with Crippen LogP contribution in [0.3, 0.4) is 0 Å². The van der Waals surface area contributed by atoms with Crippen molar-refractivity contribution in [3.05, 3.63) is 107 Å². The molecule has 2 heterocycles. The molecule has 0 fully saturated rings. The van der Waals surface area contributed by atoms with Crippen molar-refractivity contribution in [2.75, 3.05) is 10.6 Å². The Morgan fingerprint density at radius 1 is 0.897 bits per heavy atom. The van der Waals surface area contributed by atoms with Crippen LogP contribution < -0.4 is 10.6 Å². The van der Waals surface area contributed by atoms with Crippen molar-refractivity contribution in [1.82, 2.24) is 19.5 Å². The van der Waals surface area contributed by atoms with E-state index in [0.29, 0.717) is 22.9 Å². The number of rotatable bonds is 5. The molecule has 5 aromatic rings. The summed E-state index contributed by atoms with van der Waals surface area (Å²) in [4.78, 5) is 38.3. The lowest BCUT2D eigenvalue weighted by molar-refractivity contribution is -0.137. The molecule has 0 unspecified atom stereocenters. The van der Waals surface area contributed by atoms with E-state index in [4.69, 9.17) is 11.6 Å². The number of imidazole rings is 1. The van der Waals surface area contributed by atoms with Crippen LogP contribution in [-0.2, 0) is 6.18 Å². The van der Waals surface area contributed by atoms with E-state index in [1.807, 2.05) is 0 Å². The Hall–Kier alpha value is -4.84. The third-order valence-electron chi connectivity index (χ3n) is 5.51. The van der Waals surface area contributed by atoms with Crippen molar-refractivity contribution < 1.29 is 27.2 Å². The van der Waals surface area contributed by atoms with Gasteiger partial charge in [-0.15, -0.1) is 0 Å². The number of carbonyl (C=O) groups is 2. The standard InChI is InChI=1S/C26H15ClF4N6O2/c27-20-3-2-17(11-19(20)26(29,30)31)34-25(39)35-18-8-15(7-16(28)10-18)24(38)14-1-4-21-22(9-14)36-23(12-33-21)37-6-5-32-13-37/h1-13H,(H2,34,35,39). The molecule has 0 aliphatic carbocycles. The zero-order valence-electron chi connectivity index (χ0n) is 19.5. The summed E-state index contributed by atoms with van der Waals surface area (Å²) in [5, 5.41) is 4.02. The summed E-state index contributed by atoms with van der Waals surface area (Å²) in [6, 6.07) is 9.70. The van der Waals surface area contributed by atoms with Gasteiger partial charge in [-0.1, -0.05) is 11.6 Å². The summed E-state index contributed by atoms with van der Waals surface area (Å²) >= 11 is 5.59. The van der Waals surface area contributed by atoms with Crippen molar-refractivity contribution in [3.8, 4) is 5.82 Å². The number of nitrogens with one attached hydrogen (secondary N) is 2. The van der Waals surface area contributed by atoms with E-state index in [9.17, 15) is 27.2 Å². The maximum Gasteiger partial charge on any atom is 0.417 e. The summed E-state index contributed by atoms with van der Waals surface area (Å²) < 4.78 is 55.3. The first kappa shape index (κ1) is 25.8. The summed E-state index contributed by atoms with van der Waals surface area (Å²) in [6.45, 7) is 0. The highest BCUT2D eigenvalue weighted by atomic mass is 35.5. The molecule has 3 aromatic carbocycles. The van der Waals surface area contributed by atoms with Crippen LogP contribution in [0.2, 0.25) is 5.02 Å². The van der Waals surface area contributed by atoms with Crippen molar-refractivity contribution in [2.45, 2.75) is 6.18 Å². The molecule has 0 radical (unpaired) electrons. The number of ketones is 1. The molecule has 2 aromatic heterocycles. The minimum atomic E-state index is -4.72. The Morgan fingerprint density at radius 3 is 2.44 bits per heavy atom. The number of carbonyl (C=O) groups excluding carboxylic acids is 2. The van der Waals surface area contributed by atoms with E-state index in [1.54, 1.807) is 35.6 Å². The molecule has 0 saturated heterocycles. The SMILES string of the molecule is O=C(Nc1cc(F)cc(C(=O)c2ccc3ncc(-n4ccnc4)nc3c2)c1)Nc1ccc(Cl)c(C(F)(F)F)c1. The van der Waals surface area contributed by atoms with Gasteiger partial charge in [-0.3, -0.25) is 14.3 Å². The van der Waals surface area contributed by atoms with Crippen molar-refractivity contribution in [3.63, 3.8) is 0 Å². The van der Waals surface area contributed by atoms with Gasteiger partial charge in [0.15, 0.2) is 11.6 Å². The van der Waals surface area contributed by atoms with Gasteiger partial charge in [-0.2, -0.15) is 13.2 Å². The molecule has 39 heavy (non-hydrogen) atoms. The van der Waals surface area contributed by atoms with Crippen LogP contribution >= 0.6 is 11.6 Å². The lowest BCUT2D eigenvalue weighted by atomic mass is 10.0. The van der Waals surface area contributed by atoms with Crippen molar-refractivity contribution in [1.29, 1.82) is 0 Å². The maximum absolute atomic E-state index is 14.4. The summed E-state index contributed by atoms with van der Waals surface area (Å²) in [5.41, 5.74) is -0.339. The molecule has 0 bridgehead atoms. The van der Waals surface area contributed by atoms with Gasteiger partial charge in [0.25, 0.3) is 0 Å². The Balaban J connectivity index is 1.37. The molecule has 2 amide bonds. The number of fused-ring (bicyclic) bond motifs is 1. The number of amides is 2. The number of hydrogen-bond donors (Lipinski definition) is 2.